The summed E-state index contributed by atoms with van der Waals surface area (Å²) in [5.41, 5.74) is 15.1. The maximum atomic E-state index is 6.97. The fraction of sp³-hybridized carbons (Fsp3) is 0.100. The fourth-order valence-electron chi connectivity index (χ4n) is 10.5. The van der Waals surface area contributed by atoms with Gasteiger partial charge in [0.15, 0.2) is 47.8 Å². The van der Waals surface area contributed by atoms with Gasteiger partial charge in [-0.25, -0.2) is 0 Å². The summed E-state index contributed by atoms with van der Waals surface area (Å²) < 4.78 is 36.0. The number of aromatic nitrogens is 4. The number of pyridine rings is 4. The molecule has 0 amide bonds. The van der Waals surface area contributed by atoms with Crippen molar-refractivity contribution in [1.29, 1.82) is 0 Å². The van der Waals surface area contributed by atoms with Crippen LogP contribution in [0.15, 0.2) is 207 Å². The molecule has 4 aliphatic rings. The minimum atomic E-state index is -1.22. The van der Waals surface area contributed by atoms with Gasteiger partial charge in [0.25, 0.3) is 0 Å². The summed E-state index contributed by atoms with van der Waals surface area (Å²) in [6.07, 6.45) is 8.14. The summed E-state index contributed by atoms with van der Waals surface area (Å²) in [4.78, 5) is 0. The predicted molar refractivity (Wildman–Crippen MR) is 259 cm³/mol. The Balaban J connectivity index is 0.000000135. The van der Waals surface area contributed by atoms with Crippen LogP contribution in [-0.2, 0) is 12.1 Å². The number of benzene rings is 6. The normalized spacial score (nSPS) is 17.1. The first-order chi connectivity index (χ1) is 33.3. The molecule has 68 heavy (non-hydrogen) atoms. The third-order valence-corrected chi connectivity index (χ3v) is 13.8. The van der Waals surface area contributed by atoms with Crippen molar-refractivity contribution in [1.82, 2.24) is 0 Å². The molecule has 326 valence electrons. The molecule has 2 spiro atoms. The number of fused-ring (bicyclic) bond motifs is 17. The van der Waals surface area contributed by atoms with Crippen LogP contribution in [0, 0.1) is 27.7 Å². The van der Waals surface area contributed by atoms with E-state index < -0.39 is 12.1 Å². The van der Waals surface area contributed by atoms with E-state index in [1.54, 1.807) is 0 Å². The van der Waals surface area contributed by atoms with E-state index in [1.165, 1.54) is 16.3 Å². The molecule has 14 rings (SSSR count). The van der Waals surface area contributed by atoms with E-state index in [2.05, 4.69) is 198 Å². The van der Waals surface area contributed by atoms with Crippen LogP contribution in [0.25, 0.3) is 66.9 Å². The summed E-state index contributed by atoms with van der Waals surface area (Å²) >= 11 is 0. The molecule has 8 heteroatoms. The SMILES string of the molecule is Cc1cccc2c1O[C@]1(Oc3c(C)cc(-c4ccccc4)cc3-c3cccc[n+]31)[n+]1ccccc1-2.Cc1cccc2c1O[C@]1(Oc3c(cc4ccccc4c3C)-c3cccc[n+]31)[n+]1ccccc1-2. The van der Waals surface area contributed by atoms with Gasteiger partial charge in [-0.1, -0.05) is 97.1 Å². The Morgan fingerprint density at radius 3 is 1.28 bits per heavy atom. The molecule has 4 aromatic heterocycles. The van der Waals surface area contributed by atoms with Crippen LogP contribution in [-0.4, -0.2) is 0 Å². The van der Waals surface area contributed by atoms with Crippen molar-refractivity contribution >= 4 is 10.8 Å². The van der Waals surface area contributed by atoms with E-state index >= 15 is 0 Å². The molecular weight excluding hydrogens is 841 g/mol. The zero-order chi connectivity index (χ0) is 45.7. The first-order valence-electron chi connectivity index (χ1n) is 23.1. The summed E-state index contributed by atoms with van der Waals surface area (Å²) in [6, 6.07) is 60.5. The third kappa shape index (κ3) is 5.73. The lowest BCUT2D eigenvalue weighted by Gasteiger charge is -2.32. The summed E-state index contributed by atoms with van der Waals surface area (Å²) in [6.45, 7) is 8.40. The highest BCUT2D eigenvalue weighted by Crippen LogP contribution is 2.47. The van der Waals surface area contributed by atoms with Gasteiger partial charge in [0, 0.05) is 54.1 Å². The van der Waals surface area contributed by atoms with Gasteiger partial charge >= 0.3 is 12.1 Å². The highest BCUT2D eigenvalue weighted by Gasteiger charge is 2.67. The van der Waals surface area contributed by atoms with E-state index in [9.17, 15) is 0 Å². The molecule has 0 saturated carbocycles. The van der Waals surface area contributed by atoms with Crippen molar-refractivity contribution in [2.24, 2.45) is 0 Å². The molecule has 0 aliphatic carbocycles. The molecule has 4 aliphatic heterocycles. The molecular formula is C60H46N4O4+4. The zero-order valence-electron chi connectivity index (χ0n) is 38.1. The molecule has 0 unspecified atom stereocenters. The number of nitrogens with zero attached hydrogens (tertiary/aromatic N) is 4. The molecule has 0 radical (unpaired) electrons. The monoisotopic (exact) mass is 886 g/mol. The Morgan fingerprint density at radius 1 is 0.324 bits per heavy atom. The second-order valence-electron chi connectivity index (χ2n) is 17.9. The van der Waals surface area contributed by atoms with E-state index in [-0.39, 0.29) is 0 Å². The summed E-state index contributed by atoms with van der Waals surface area (Å²) in [5, 5.41) is 2.38. The van der Waals surface area contributed by atoms with E-state index in [0.29, 0.717) is 0 Å². The Kier molecular flexibility index (Phi) is 8.73. The number of para-hydroxylation sites is 2. The van der Waals surface area contributed by atoms with Crippen LogP contribution in [0.1, 0.15) is 22.3 Å². The average Bonchev–Trinajstić information content (AvgIpc) is 3.39. The Labute approximate surface area is 394 Å². The largest absolute Gasteiger partial charge is 0.714 e. The number of ether oxygens (including phenoxy) is 4. The van der Waals surface area contributed by atoms with Crippen LogP contribution in [0.2, 0.25) is 0 Å². The molecule has 0 N–H and O–H groups in total. The quantitative estimate of drug-likeness (QED) is 0.154. The molecule has 8 nitrogen and oxygen atoms in total. The van der Waals surface area contributed by atoms with Crippen molar-refractivity contribution in [2.75, 3.05) is 0 Å². The Bertz CT molecular complexity index is 3720. The standard InChI is InChI=1S/C31H24N2O2.C29H22N2O2/c1-21-11-10-14-25-27-15-6-8-17-32(27)31(34-29(21)25)33-18-9-7-16-28(33)26-20-24(19-22(2)30(26)35-31)23-12-4-3-5-13-23;1-19-10-9-13-23-25-14-5-7-16-30(25)29(32-27(19)23)31-17-8-6-15-26(31)24-18-21-11-3-4-12-22(21)20(2)28(24)33-29/h3-20H,1-2H3;3-18H,1-2H3/q2*+2/t31-;29-/m00/s1. The molecule has 0 bridgehead atoms. The fourth-order valence-corrected chi connectivity index (χ4v) is 10.5. The van der Waals surface area contributed by atoms with E-state index in [1.807, 2.05) is 55.1 Å². The zero-order valence-corrected chi connectivity index (χ0v) is 38.1. The molecule has 0 saturated heterocycles. The lowest BCUT2D eigenvalue weighted by atomic mass is 9.96. The Hall–Kier alpha value is -8.62. The number of aryl methyl sites for hydroxylation is 4. The first-order valence-corrected chi connectivity index (χ1v) is 23.1. The van der Waals surface area contributed by atoms with Gasteiger partial charge in [-0.15, -0.1) is 0 Å². The highest BCUT2D eigenvalue weighted by molar-refractivity contribution is 5.93. The van der Waals surface area contributed by atoms with Crippen LogP contribution in [0.3, 0.4) is 0 Å². The van der Waals surface area contributed by atoms with Gasteiger partial charge in [0.2, 0.25) is 22.8 Å². The van der Waals surface area contributed by atoms with Crippen molar-refractivity contribution < 1.29 is 37.2 Å². The van der Waals surface area contributed by atoms with E-state index in [0.717, 1.165) is 95.8 Å². The molecule has 0 fully saturated rings. The van der Waals surface area contributed by atoms with Gasteiger partial charge in [0.1, 0.15) is 0 Å². The average molecular weight is 887 g/mol. The summed E-state index contributed by atoms with van der Waals surface area (Å²) in [7, 11) is 0. The molecule has 10 aromatic rings. The van der Waals surface area contributed by atoms with Gasteiger partial charge in [-0.05, 0) is 121 Å². The smallest absolute Gasteiger partial charge is 0.339 e. The Morgan fingerprint density at radius 2 is 0.750 bits per heavy atom. The van der Waals surface area contributed by atoms with Crippen LogP contribution < -0.4 is 37.2 Å². The van der Waals surface area contributed by atoms with Crippen LogP contribution >= 0.6 is 0 Å². The first kappa shape index (κ1) is 39.7. The van der Waals surface area contributed by atoms with Crippen molar-refractivity contribution in [3.8, 4) is 79.2 Å². The van der Waals surface area contributed by atoms with Crippen LogP contribution in [0.4, 0.5) is 0 Å². The summed E-state index contributed by atoms with van der Waals surface area (Å²) in [5.74, 6) is 3.35. The van der Waals surface area contributed by atoms with Crippen molar-refractivity contribution in [3.05, 3.63) is 229 Å². The van der Waals surface area contributed by atoms with Crippen molar-refractivity contribution in [2.45, 2.75) is 39.8 Å². The van der Waals surface area contributed by atoms with Gasteiger partial charge in [0.05, 0.1) is 22.3 Å². The number of hydrogen-bond acceptors (Lipinski definition) is 4. The lowest BCUT2D eigenvalue weighted by molar-refractivity contribution is -1.06. The maximum Gasteiger partial charge on any atom is 0.714 e. The second kappa shape index (κ2) is 15.0. The number of rotatable bonds is 1. The molecule has 2 atom stereocenters. The number of hydrogen-bond donors (Lipinski definition) is 0. The third-order valence-electron chi connectivity index (χ3n) is 13.8. The van der Waals surface area contributed by atoms with E-state index in [4.69, 9.17) is 18.9 Å². The second-order valence-corrected chi connectivity index (χ2v) is 17.9. The van der Waals surface area contributed by atoms with Gasteiger partial charge in [-0.3, -0.25) is 0 Å². The maximum absolute atomic E-state index is 6.97. The van der Waals surface area contributed by atoms with Crippen LogP contribution in [0.5, 0.6) is 23.0 Å². The minimum Gasteiger partial charge on any atom is -0.339 e. The minimum absolute atomic E-state index is 0.829. The predicted octanol–water partition coefficient (Wildman–Crippen LogP) is 11.0. The van der Waals surface area contributed by atoms with Gasteiger partial charge in [-0.2, -0.15) is 0 Å². The van der Waals surface area contributed by atoms with Gasteiger partial charge < -0.3 is 18.9 Å². The molecule has 6 aromatic carbocycles. The van der Waals surface area contributed by atoms with Crippen molar-refractivity contribution in [3.63, 3.8) is 0 Å². The topological polar surface area (TPSA) is 52.4 Å². The highest BCUT2D eigenvalue weighted by atomic mass is 16.7. The molecule has 8 heterocycles. The lowest BCUT2D eigenvalue weighted by Crippen LogP contribution is -2.82.